The number of hydrogen-bond acceptors (Lipinski definition) is 2. The van der Waals surface area contributed by atoms with E-state index in [0.29, 0.717) is 0 Å². The average Bonchev–Trinajstić information content (AvgIpc) is 2.55. The van der Waals surface area contributed by atoms with E-state index in [0.717, 1.165) is 30.8 Å². The van der Waals surface area contributed by atoms with Crippen molar-refractivity contribution >= 4 is 11.6 Å². The van der Waals surface area contributed by atoms with Crippen LogP contribution in [-0.4, -0.2) is 12.5 Å². The molecule has 0 unspecified atom stereocenters. The molecule has 0 saturated heterocycles. The summed E-state index contributed by atoms with van der Waals surface area (Å²) < 4.78 is 0. The molecule has 0 radical (unpaired) electrons. The fraction of sp³-hybridized carbons (Fsp3) is 0.316. The summed E-state index contributed by atoms with van der Waals surface area (Å²) >= 11 is 0. The van der Waals surface area contributed by atoms with E-state index >= 15 is 0 Å². The first-order valence-electron chi connectivity index (χ1n) is 7.77. The molecule has 0 aromatic heterocycles. The van der Waals surface area contributed by atoms with Crippen LogP contribution >= 0.6 is 0 Å². The minimum atomic E-state index is -0.560. The van der Waals surface area contributed by atoms with E-state index in [-0.39, 0.29) is 5.91 Å². The Hall–Kier alpha value is -2.13. The number of amides is 1. The number of rotatable bonds is 3. The van der Waals surface area contributed by atoms with Gasteiger partial charge in [0, 0.05) is 12.2 Å². The van der Waals surface area contributed by atoms with Crippen molar-refractivity contribution in [1.82, 2.24) is 5.32 Å². The SMILES string of the molecule is CC(C)(C(=O)Nc1ccc2c(c1)CNCC2)c1ccccc1. The zero-order valence-electron chi connectivity index (χ0n) is 13.1. The fourth-order valence-corrected chi connectivity index (χ4v) is 2.83. The minimum Gasteiger partial charge on any atom is -0.325 e. The Labute approximate surface area is 131 Å². The maximum atomic E-state index is 12.7. The first-order chi connectivity index (χ1) is 10.6. The van der Waals surface area contributed by atoms with Gasteiger partial charge >= 0.3 is 0 Å². The zero-order chi connectivity index (χ0) is 15.6. The van der Waals surface area contributed by atoms with Gasteiger partial charge in [0.05, 0.1) is 5.41 Å². The summed E-state index contributed by atoms with van der Waals surface area (Å²) in [4.78, 5) is 12.7. The molecule has 1 aliphatic heterocycles. The van der Waals surface area contributed by atoms with Gasteiger partial charge < -0.3 is 10.6 Å². The van der Waals surface area contributed by atoms with Crippen molar-refractivity contribution in [3.63, 3.8) is 0 Å². The highest BCUT2D eigenvalue weighted by molar-refractivity contribution is 5.98. The van der Waals surface area contributed by atoms with Crippen molar-refractivity contribution in [3.05, 3.63) is 65.2 Å². The van der Waals surface area contributed by atoms with Crippen LogP contribution in [0.5, 0.6) is 0 Å². The smallest absolute Gasteiger partial charge is 0.234 e. The first kappa shape index (κ1) is 14.8. The summed E-state index contributed by atoms with van der Waals surface area (Å²) in [7, 11) is 0. The predicted molar refractivity (Wildman–Crippen MR) is 90.0 cm³/mol. The Morgan fingerprint density at radius 2 is 1.86 bits per heavy atom. The van der Waals surface area contributed by atoms with Gasteiger partial charge in [0.25, 0.3) is 0 Å². The maximum Gasteiger partial charge on any atom is 0.234 e. The molecule has 3 rings (SSSR count). The molecule has 22 heavy (non-hydrogen) atoms. The lowest BCUT2D eigenvalue weighted by molar-refractivity contribution is -0.120. The standard InChI is InChI=1S/C19H22N2O/c1-19(2,16-6-4-3-5-7-16)18(22)21-17-9-8-14-10-11-20-13-15(14)12-17/h3-9,12,20H,10-11,13H2,1-2H3,(H,21,22). The number of fused-ring (bicyclic) bond motifs is 1. The van der Waals surface area contributed by atoms with Crippen molar-refractivity contribution in [3.8, 4) is 0 Å². The molecular formula is C19H22N2O. The van der Waals surface area contributed by atoms with Gasteiger partial charge in [0.2, 0.25) is 5.91 Å². The molecule has 0 saturated carbocycles. The summed E-state index contributed by atoms with van der Waals surface area (Å²) in [5.74, 6) is 0.0161. The normalized spacial score (nSPS) is 14.3. The van der Waals surface area contributed by atoms with Crippen LogP contribution < -0.4 is 10.6 Å². The highest BCUT2D eigenvalue weighted by Crippen LogP contribution is 2.26. The van der Waals surface area contributed by atoms with Crippen LogP contribution in [0.4, 0.5) is 5.69 Å². The maximum absolute atomic E-state index is 12.7. The molecule has 2 aromatic rings. The Morgan fingerprint density at radius 1 is 1.09 bits per heavy atom. The van der Waals surface area contributed by atoms with Gasteiger partial charge in [0.1, 0.15) is 0 Å². The lowest BCUT2D eigenvalue weighted by atomic mass is 9.83. The highest BCUT2D eigenvalue weighted by atomic mass is 16.2. The van der Waals surface area contributed by atoms with Crippen LogP contribution in [0.25, 0.3) is 0 Å². The third kappa shape index (κ3) is 2.90. The van der Waals surface area contributed by atoms with Gasteiger partial charge in [-0.05, 0) is 55.6 Å². The molecular weight excluding hydrogens is 272 g/mol. The third-order valence-electron chi connectivity index (χ3n) is 4.41. The van der Waals surface area contributed by atoms with Crippen molar-refractivity contribution in [2.75, 3.05) is 11.9 Å². The molecule has 2 aromatic carbocycles. The average molecular weight is 294 g/mol. The van der Waals surface area contributed by atoms with Crippen molar-refractivity contribution in [2.45, 2.75) is 32.2 Å². The van der Waals surface area contributed by atoms with Crippen molar-refractivity contribution in [1.29, 1.82) is 0 Å². The van der Waals surface area contributed by atoms with E-state index in [1.165, 1.54) is 11.1 Å². The largest absolute Gasteiger partial charge is 0.325 e. The number of carbonyl (C=O) groups is 1. The van der Waals surface area contributed by atoms with Gasteiger partial charge in [-0.1, -0.05) is 36.4 Å². The van der Waals surface area contributed by atoms with E-state index in [9.17, 15) is 4.79 Å². The molecule has 0 aliphatic carbocycles. The highest BCUT2D eigenvalue weighted by Gasteiger charge is 2.29. The van der Waals surface area contributed by atoms with Crippen LogP contribution in [0.2, 0.25) is 0 Å². The lowest BCUT2D eigenvalue weighted by Gasteiger charge is -2.25. The number of nitrogens with one attached hydrogen (secondary N) is 2. The quantitative estimate of drug-likeness (QED) is 0.912. The van der Waals surface area contributed by atoms with E-state index in [1.807, 2.05) is 50.2 Å². The minimum absolute atomic E-state index is 0.0161. The van der Waals surface area contributed by atoms with Crippen molar-refractivity contribution < 1.29 is 4.79 Å². The van der Waals surface area contributed by atoms with Crippen LogP contribution in [0.15, 0.2) is 48.5 Å². The predicted octanol–water partition coefficient (Wildman–Crippen LogP) is 3.25. The number of hydrogen-bond donors (Lipinski definition) is 2. The van der Waals surface area contributed by atoms with E-state index in [4.69, 9.17) is 0 Å². The molecule has 3 nitrogen and oxygen atoms in total. The molecule has 1 aliphatic rings. The summed E-state index contributed by atoms with van der Waals surface area (Å²) in [6.45, 7) is 5.82. The van der Waals surface area contributed by atoms with Crippen LogP contribution in [0.3, 0.4) is 0 Å². The second kappa shape index (κ2) is 5.93. The Bertz CT molecular complexity index is 677. The van der Waals surface area contributed by atoms with Gasteiger partial charge in [0.15, 0.2) is 0 Å². The molecule has 0 bridgehead atoms. The van der Waals surface area contributed by atoms with Gasteiger partial charge in [-0.25, -0.2) is 0 Å². The molecule has 0 spiro atoms. The molecule has 0 atom stereocenters. The molecule has 114 valence electrons. The zero-order valence-corrected chi connectivity index (χ0v) is 13.1. The molecule has 3 heteroatoms. The van der Waals surface area contributed by atoms with E-state index in [2.05, 4.69) is 22.8 Å². The Kier molecular flexibility index (Phi) is 3.99. The molecule has 0 fully saturated rings. The van der Waals surface area contributed by atoms with Crippen LogP contribution in [-0.2, 0) is 23.2 Å². The number of carbonyl (C=O) groups excluding carboxylic acids is 1. The molecule has 1 amide bonds. The molecule has 1 heterocycles. The summed E-state index contributed by atoms with van der Waals surface area (Å²) in [6.07, 6.45) is 1.05. The Balaban J connectivity index is 1.79. The fourth-order valence-electron chi connectivity index (χ4n) is 2.83. The number of anilines is 1. The van der Waals surface area contributed by atoms with Crippen LogP contribution in [0.1, 0.15) is 30.5 Å². The second-order valence-corrected chi connectivity index (χ2v) is 6.36. The summed E-state index contributed by atoms with van der Waals surface area (Å²) in [5.41, 5.74) is 3.99. The summed E-state index contributed by atoms with van der Waals surface area (Å²) in [6, 6.07) is 16.1. The summed E-state index contributed by atoms with van der Waals surface area (Å²) in [5, 5.41) is 6.43. The van der Waals surface area contributed by atoms with Gasteiger partial charge in [-0.15, -0.1) is 0 Å². The first-order valence-corrected chi connectivity index (χ1v) is 7.77. The van der Waals surface area contributed by atoms with Gasteiger partial charge in [-0.3, -0.25) is 4.79 Å². The second-order valence-electron chi connectivity index (χ2n) is 6.36. The topological polar surface area (TPSA) is 41.1 Å². The van der Waals surface area contributed by atoms with E-state index in [1.54, 1.807) is 0 Å². The van der Waals surface area contributed by atoms with Gasteiger partial charge in [-0.2, -0.15) is 0 Å². The monoisotopic (exact) mass is 294 g/mol. The van der Waals surface area contributed by atoms with Crippen LogP contribution in [0, 0.1) is 0 Å². The lowest BCUT2D eigenvalue weighted by Crippen LogP contribution is -2.34. The molecule has 2 N–H and O–H groups in total. The Morgan fingerprint density at radius 3 is 2.64 bits per heavy atom. The van der Waals surface area contributed by atoms with E-state index < -0.39 is 5.41 Å². The van der Waals surface area contributed by atoms with Crippen molar-refractivity contribution in [2.24, 2.45) is 0 Å². The third-order valence-corrected chi connectivity index (χ3v) is 4.41. The number of benzene rings is 2.